The van der Waals surface area contributed by atoms with Crippen molar-refractivity contribution >= 4 is 5.91 Å². The van der Waals surface area contributed by atoms with E-state index in [4.69, 9.17) is 4.74 Å². The predicted molar refractivity (Wildman–Crippen MR) is 58.4 cm³/mol. The van der Waals surface area contributed by atoms with Gasteiger partial charge in [-0.05, 0) is 25.7 Å². The monoisotopic (exact) mass is 220 g/mol. The SMILES string of the molecule is N#CC1(C(=O)NC2CC=CC2)CCOCC1. The number of ether oxygens (including phenoxy) is 1. The van der Waals surface area contributed by atoms with Gasteiger partial charge in [0.2, 0.25) is 5.91 Å². The van der Waals surface area contributed by atoms with Crippen LogP contribution in [-0.4, -0.2) is 25.2 Å². The third kappa shape index (κ3) is 2.10. The summed E-state index contributed by atoms with van der Waals surface area (Å²) >= 11 is 0. The fraction of sp³-hybridized carbons (Fsp3) is 0.667. The lowest BCUT2D eigenvalue weighted by atomic mass is 9.80. The number of amides is 1. The summed E-state index contributed by atoms with van der Waals surface area (Å²) in [7, 11) is 0. The molecule has 1 fully saturated rings. The van der Waals surface area contributed by atoms with Crippen molar-refractivity contribution in [2.45, 2.75) is 31.7 Å². The third-order valence-electron chi connectivity index (χ3n) is 3.34. The molecular formula is C12H16N2O2. The molecule has 0 aromatic carbocycles. The number of rotatable bonds is 2. The Kier molecular flexibility index (Phi) is 3.25. The van der Waals surface area contributed by atoms with Gasteiger partial charge in [0.05, 0.1) is 6.07 Å². The summed E-state index contributed by atoms with van der Waals surface area (Å²) in [6, 6.07) is 2.36. The lowest BCUT2D eigenvalue weighted by Crippen LogP contribution is -2.46. The maximum absolute atomic E-state index is 12.1. The minimum absolute atomic E-state index is 0.119. The predicted octanol–water partition coefficient (Wildman–Crippen LogP) is 1.14. The number of nitriles is 1. The Bertz CT molecular complexity index is 329. The molecule has 1 aliphatic carbocycles. The maximum atomic E-state index is 12.1. The van der Waals surface area contributed by atoms with Gasteiger partial charge in [-0.1, -0.05) is 12.2 Å². The zero-order chi connectivity index (χ0) is 11.4. The van der Waals surface area contributed by atoms with Crippen LogP contribution in [0.2, 0.25) is 0 Å². The molecule has 0 radical (unpaired) electrons. The highest BCUT2D eigenvalue weighted by Crippen LogP contribution is 2.30. The molecule has 0 aromatic heterocycles. The van der Waals surface area contributed by atoms with Crippen molar-refractivity contribution in [3.8, 4) is 6.07 Å². The largest absolute Gasteiger partial charge is 0.381 e. The Morgan fingerprint density at radius 3 is 2.56 bits per heavy atom. The Morgan fingerprint density at radius 2 is 2.00 bits per heavy atom. The summed E-state index contributed by atoms with van der Waals surface area (Å²) < 4.78 is 5.20. The van der Waals surface area contributed by atoms with Crippen LogP contribution in [0.1, 0.15) is 25.7 Å². The zero-order valence-electron chi connectivity index (χ0n) is 9.24. The number of nitrogens with one attached hydrogen (secondary N) is 1. The highest BCUT2D eigenvalue weighted by atomic mass is 16.5. The molecule has 1 aliphatic heterocycles. The average molecular weight is 220 g/mol. The molecule has 0 atom stereocenters. The van der Waals surface area contributed by atoms with Crippen molar-refractivity contribution < 1.29 is 9.53 Å². The molecule has 0 saturated carbocycles. The molecule has 4 heteroatoms. The van der Waals surface area contributed by atoms with E-state index in [1.807, 2.05) is 0 Å². The van der Waals surface area contributed by atoms with E-state index in [9.17, 15) is 10.1 Å². The number of carbonyl (C=O) groups excluding carboxylic acids is 1. The van der Waals surface area contributed by atoms with E-state index in [2.05, 4.69) is 23.5 Å². The van der Waals surface area contributed by atoms with Gasteiger partial charge in [0.1, 0.15) is 5.41 Å². The van der Waals surface area contributed by atoms with Crippen LogP contribution >= 0.6 is 0 Å². The van der Waals surface area contributed by atoms with Crippen LogP contribution in [0, 0.1) is 16.7 Å². The lowest BCUT2D eigenvalue weighted by molar-refractivity contribution is -0.133. The molecule has 1 amide bonds. The first-order valence-electron chi connectivity index (χ1n) is 5.72. The van der Waals surface area contributed by atoms with Crippen LogP contribution in [-0.2, 0) is 9.53 Å². The van der Waals surface area contributed by atoms with Crippen LogP contribution in [0.3, 0.4) is 0 Å². The zero-order valence-corrected chi connectivity index (χ0v) is 9.24. The minimum Gasteiger partial charge on any atom is -0.381 e. The van der Waals surface area contributed by atoms with Crippen molar-refractivity contribution in [2.75, 3.05) is 13.2 Å². The molecule has 86 valence electrons. The normalized spacial score (nSPS) is 23.9. The molecule has 1 N–H and O–H groups in total. The van der Waals surface area contributed by atoms with Crippen LogP contribution in [0.4, 0.5) is 0 Å². The highest BCUT2D eigenvalue weighted by Gasteiger charge is 2.41. The smallest absolute Gasteiger partial charge is 0.240 e. The van der Waals surface area contributed by atoms with Crippen molar-refractivity contribution in [1.29, 1.82) is 5.26 Å². The fourth-order valence-corrected chi connectivity index (χ4v) is 2.17. The average Bonchev–Trinajstić information content (AvgIpc) is 2.82. The van der Waals surface area contributed by atoms with Gasteiger partial charge in [0.25, 0.3) is 0 Å². The summed E-state index contributed by atoms with van der Waals surface area (Å²) in [5.74, 6) is -0.119. The van der Waals surface area contributed by atoms with Gasteiger partial charge in [0, 0.05) is 19.3 Å². The second kappa shape index (κ2) is 4.67. The van der Waals surface area contributed by atoms with Gasteiger partial charge in [-0.25, -0.2) is 0 Å². The Balaban J connectivity index is 1.98. The molecule has 0 aromatic rings. The number of hydrogen-bond donors (Lipinski definition) is 1. The maximum Gasteiger partial charge on any atom is 0.240 e. The van der Waals surface area contributed by atoms with E-state index in [0.29, 0.717) is 26.1 Å². The molecule has 0 spiro atoms. The molecular weight excluding hydrogens is 204 g/mol. The lowest BCUT2D eigenvalue weighted by Gasteiger charge is -2.30. The molecule has 0 bridgehead atoms. The molecule has 16 heavy (non-hydrogen) atoms. The fourth-order valence-electron chi connectivity index (χ4n) is 2.17. The summed E-state index contributed by atoms with van der Waals surface area (Å²) in [5, 5.41) is 12.2. The van der Waals surface area contributed by atoms with Gasteiger partial charge in [-0.3, -0.25) is 4.79 Å². The first-order chi connectivity index (χ1) is 7.77. The first kappa shape index (κ1) is 11.2. The van der Waals surface area contributed by atoms with Crippen LogP contribution in [0.5, 0.6) is 0 Å². The summed E-state index contributed by atoms with van der Waals surface area (Å²) in [5.41, 5.74) is -0.860. The minimum atomic E-state index is -0.860. The Labute approximate surface area is 95.3 Å². The second-order valence-electron chi connectivity index (χ2n) is 4.42. The van der Waals surface area contributed by atoms with Crippen LogP contribution < -0.4 is 5.32 Å². The summed E-state index contributed by atoms with van der Waals surface area (Å²) in [4.78, 5) is 12.1. The molecule has 2 aliphatic rings. The quantitative estimate of drug-likeness (QED) is 0.710. The van der Waals surface area contributed by atoms with E-state index in [1.54, 1.807) is 0 Å². The molecule has 1 heterocycles. The van der Waals surface area contributed by atoms with Crippen molar-refractivity contribution in [3.05, 3.63) is 12.2 Å². The first-order valence-corrected chi connectivity index (χ1v) is 5.72. The molecule has 4 nitrogen and oxygen atoms in total. The van der Waals surface area contributed by atoms with Gasteiger partial charge in [-0.15, -0.1) is 0 Å². The van der Waals surface area contributed by atoms with E-state index in [0.717, 1.165) is 12.8 Å². The second-order valence-corrected chi connectivity index (χ2v) is 4.42. The Hall–Kier alpha value is -1.34. The van der Waals surface area contributed by atoms with Crippen LogP contribution in [0.15, 0.2) is 12.2 Å². The van der Waals surface area contributed by atoms with E-state index in [-0.39, 0.29) is 11.9 Å². The Morgan fingerprint density at radius 1 is 1.38 bits per heavy atom. The van der Waals surface area contributed by atoms with Gasteiger partial charge >= 0.3 is 0 Å². The number of nitrogens with zero attached hydrogens (tertiary/aromatic N) is 1. The molecule has 1 saturated heterocycles. The van der Waals surface area contributed by atoms with Gasteiger partial charge in [0.15, 0.2) is 0 Å². The van der Waals surface area contributed by atoms with Crippen molar-refractivity contribution in [1.82, 2.24) is 5.32 Å². The summed E-state index contributed by atoms with van der Waals surface area (Å²) in [6.07, 6.45) is 6.90. The number of carbonyl (C=O) groups is 1. The van der Waals surface area contributed by atoms with E-state index < -0.39 is 5.41 Å². The standard InChI is InChI=1S/C12H16N2O2/c13-9-12(5-7-16-8-6-12)11(15)14-10-3-1-2-4-10/h1-2,10H,3-8H2,(H,14,15). The van der Waals surface area contributed by atoms with E-state index >= 15 is 0 Å². The molecule has 0 unspecified atom stereocenters. The van der Waals surface area contributed by atoms with Gasteiger partial charge in [-0.2, -0.15) is 5.26 Å². The molecule has 2 rings (SSSR count). The highest BCUT2D eigenvalue weighted by molar-refractivity contribution is 5.85. The van der Waals surface area contributed by atoms with Crippen molar-refractivity contribution in [3.63, 3.8) is 0 Å². The van der Waals surface area contributed by atoms with Crippen LogP contribution in [0.25, 0.3) is 0 Å². The van der Waals surface area contributed by atoms with E-state index in [1.165, 1.54) is 0 Å². The number of hydrogen-bond acceptors (Lipinski definition) is 3. The topological polar surface area (TPSA) is 62.1 Å². The summed E-state index contributed by atoms with van der Waals surface area (Å²) in [6.45, 7) is 1.01. The third-order valence-corrected chi connectivity index (χ3v) is 3.34. The van der Waals surface area contributed by atoms with Crippen molar-refractivity contribution in [2.24, 2.45) is 5.41 Å². The van der Waals surface area contributed by atoms with Gasteiger partial charge < -0.3 is 10.1 Å².